The minimum atomic E-state index is -1.17. The van der Waals surface area contributed by atoms with E-state index in [1.165, 1.54) is 12.1 Å². The summed E-state index contributed by atoms with van der Waals surface area (Å²) in [5.74, 6) is -2.59. The minimum absolute atomic E-state index is 0.00947. The second-order valence-electron chi connectivity index (χ2n) is 3.81. The van der Waals surface area contributed by atoms with Crippen LogP contribution in [-0.2, 0) is 14.2 Å². The molecule has 2 aliphatic rings. The van der Waals surface area contributed by atoms with Crippen LogP contribution in [0.2, 0.25) is 0 Å². The van der Waals surface area contributed by atoms with Crippen molar-refractivity contribution in [1.29, 1.82) is 0 Å². The van der Waals surface area contributed by atoms with Crippen LogP contribution in [0.25, 0.3) is 0 Å². The van der Waals surface area contributed by atoms with Crippen LogP contribution in [0.15, 0.2) is 24.3 Å². The van der Waals surface area contributed by atoms with Gasteiger partial charge in [-0.1, -0.05) is 12.1 Å². The molecule has 0 amide bonds. The van der Waals surface area contributed by atoms with Crippen LogP contribution >= 0.6 is 0 Å². The van der Waals surface area contributed by atoms with Crippen molar-refractivity contribution >= 4 is 11.9 Å². The van der Waals surface area contributed by atoms with E-state index in [1.54, 1.807) is 12.1 Å². The van der Waals surface area contributed by atoms with Gasteiger partial charge in [0.1, 0.15) is 0 Å². The number of carbonyl (C=O) groups is 2. The van der Waals surface area contributed by atoms with Gasteiger partial charge in [-0.2, -0.15) is 0 Å². The molecule has 1 aromatic carbocycles. The fraction of sp³-hybridized carbons (Fsp3) is 0.273. The Morgan fingerprint density at radius 2 is 1.88 bits per heavy atom. The van der Waals surface area contributed by atoms with E-state index in [4.69, 9.17) is 19.3 Å². The van der Waals surface area contributed by atoms with E-state index in [0.717, 1.165) is 0 Å². The Morgan fingerprint density at radius 3 is 2.41 bits per heavy atom. The number of rotatable bonds is 4. The van der Waals surface area contributed by atoms with E-state index in [1.807, 2.05) is 0 Å². The average Bonchev–Trinajstić information content (AvgIpc) is 3.15. The maximum absolute atomic E-state index is 11.7. The van der Waals surface area contributed by atoms with Gasteiger partial charge in [0.25, 0.3) is 5.79 Å². The first-order valence-corrected chi connectivity index (χ1v) is 4.97. The summed E-state index contributed by atoms with van der Waals surface area (Å²) in [6.07, 6.45) is -0.245. The second kappa shape index (κ2) is 3.28. The summed E-state index contributed by atoms with van der Waals surface area (Å²) in [5, 5.41) is 8.91. The average molecular weight is 236 g/mol. The molecule has 3 rings (SSSR count). The monoisotopic (exact) mass is 236 g/mol. The van der Waals surface area contributed by atoms with Crippen LogP contribution in [0.4, 0.5) is 0 Å². The third-order valence-electron chi connectivity index (χ3n) is 2.64. The topological polar surface area (TPSA) is 88.7 Å². The zero-order valence-corrected chi connectivity index (χ0v) is 8.58. The summed E-state index contributed by atoms with van der Waals surface area (Å²) < 4.78 is 14.8. The Balaban J connectivity index is 1.73. The fourth-order valence-electron chi connectivity index (χ4n) is 1.53. The van der Waals surface area contributed by atoms with Gasteiger partial charge in [0.2, 0.25) is 6.29 Å². The number of carboxylic acids is 1. The molecule has 2 saturated heterocycles. The van der Waals surface area contributed by atoms with E-state index >= 15 is 0 Å². The molecule has 17 heavy (non-hydrogen) atoms. The predicted molar refractivity (Wildman–Crippen MR) is 52.4 cm³/mol. The number of carbonyl (C=O) groups excluding carboxylic acids is 1. The summed E-state index contributed by atoms with van der Waals surface area (Å²) in [4.78, 5) is 22.6. The molecule has 88 valence electrons. The van der Waals surface area contributed by atoms with Gasteiger partial charge in [-0.3, -0.25) is 0 Å². The number of esters is 1. The van der Waals surface area contributed by atoms with Gasteiger partial charge < -0.3 is 19.3 Å². The third kappa shape index (κ3) is 1.67. The number of hydrogen-bond donors (Lipinski definition) is 1. The summed E-state index contributed by atoms with van der Waals surface area (Å²) >= 11 is 0. The molecule has 2 fully saturated rings. The van der Waals surface area contributed by atoms with Crippen molar-refractivity contribution in [3.05, 3.63) is 35.4 Å². The molecule has 0 saturated carbocycles. The van der Waals surface area contributed by atoms with Crippen molar-refractivity contribution in [2.45, 2.75) is 12.1 Å². The Kier molecular flexibility index (Phi) is 1.98. The van der Waals surface area contributed by atoms with E-state index in [-0.39, 0.29) is 24.0 Å². The van der Waals surface area contributed by atoms with Crippen molar-refractivity contribution in [2.75, 3.05) is 6.61 Å². The molecule has 0 radical (unpaired) electrons. The molecule has 1 aromatic rings. The molecule has 0 aromatic heterocycles. The lowest BCUT2D eigenvalue weighted by Crippen LogP contribution is -2.17. The lowest BCUT2D eigenvalue weighted by Gasteiger charge is -2.06. The van der Waals surface area contributed by atoms with Gasteiger partial charge in [0.15, 0.2) is 6.61 Å². The number of ether oxygens (including phenoxy) is 3. The van der Waals surface area contributed by atoms with Crippen LogP contribution in [0, 0.1) is 0 Å². The normalized spacial score (nSPS) is 28.1. The van der Waals surface area contributed by atoms with Crippen molar-refractivity contribution in [3.63, 3.8) is 0 Å². The van der Waals surface area contributed by atoms with Crippen molar-refractivity contribution in [3.8, 4) is 0 Å². The maximum atomic E-state index is 11.7. The fourth-order valence-corrected chi connectivity index (χ4v) is 1.53. The first-order chi connectivity index (χ1) is 8.12. The molecule has 0 atom stereocenters. The molecule has 0 spiro atoms. The van der Waals surface area contributed by atoms with E-state index < -0.39 is 17.7 Å². The molecule has 2 aliphatic heterocycles. The zero-order chi connectivity index (χ0) is 12.0. The third-order valence-corrected chi connectivity index (χ3v) is 2.64. The number of benzene rings is 1. The van der Waals surface area contributed by atoms with Gasteiger partial charge >= 0.3 is 11.9 Å². The smallest absolute Gasteiger partial charge is 0.339 e. The molecule has 6 nitrogen and oxygen atoms in total. The van der Waals surface area contributed by atoms with E-state index in [0.29, 0.717) is 0 Å². The van der Waals surface area contributed by atoms with Crippen LogP contribution in [0.5, 0.6) is 0 Å². The van der Waals surface area contributed by atoms with Crippen molar-refractivity contribution in [1.82, 2.24) is 0 Å². The molecule has 0 unspecified atom stereocenters. The van der Waals surface area contributed by atoms with Crippen molar-refractivity contribution < 1.29 is 28.9 Å². The van der Waals surface area contributed by atoms with Gasteiger partial charge in [-0.05, 0) is 12.1 Å². The van der Waals surface area contributed by atoms with Crippen LogP contribution in [0.1, 0.15) is 20.7 Å². The Labute approximate surface area is 95.7 Å². The number of aromatic carboxylic acids is 1. The Morgan fingerprint density at radius 1 is 1.29 bits per heavy atom. The molecule has 2 heterocycles. The number of hydrogen-bond acceptors (Lipinski definition) is 5. The highest BCUT2D eigenvalue weighted by molar-refractivity contribution is 6.02. The largest absolute Gasteiger partial charge is 0.478 e. The van der Waals surface area contributed by atoms with Crippen LogP contribution < -0.4 is 0 Å². The second-order valence-corrected chi connectivity index (χ2v) is 3.81. The summed E-state index contributed by atoms with van der Waals surface area (Å²) in [6, 6.07) is 5.87. The summed E-state index contributed by atoms with van der Waals surface area (Å²) in [5.41, 5.74) is -0.0609. The molecule has 1 N–H and O–H groups in total. The first kappa shape index (κ1) is 10.2. The lowest BCUT2D eigenvalue weighted by atomic mass is 10.1. The van der Waals surface area contributed by atoms with Gasteiger partial charge in [-0.25, -0.2) is 9.59 Å². The molecular weight excluding hydrogens is 228 g/mol. The summed E-state index contributed by atoms with van der Waals surface area (Å²) in [7, 11) is 0. The summed E-state index contributed by atoms with van der Waals surface area (Å²) in [6.45, 7) is -0.00947. The highest BCUT2D eigenvalue weighted by Gasteiger charge is 2.78. The van der Waals surface area contributed by atoms with E-state index in [2.05, 4.69) is 0 Å². The molecular formula is C11H8O6. The van der Waals surface area contributed by atoms with Crippen LogP contribution in [-0.4, -0.2) is 35.7 Å². The van der Waals surface area contributed by atoms with Gasteiger partial charge in [0, 0.05) is 0 Å². The zero-order valence-electron chi connectivity index (χ0n) is 8.58. The van der Waals surface area contributed by atoms with E-state index in [9.17, 15) is 9.59 Å². The van der Waals surface area contributed by atoms with Gasteiger partial charge in [-0.15, -0.1) is 0 Å². The first-order valence-electron chi connectivity index (χ1n) is 4.97. The Bertz CT molecular complexity index is 502. The molecule has 6 heteroatoms. The quantitative estimate of drug-likeness (QED) is 0.609. The van der Waals surface area contributed by atoms with Crippen LogP contribution in [0.3, 0.4) is 0 Å². The number of fused-ring (bicyclic) bond motifs is 1. The number of epoxide rings is 2. The number of carboxylic acid groups (broad SMARTS) is 1. The Hall–Kier alpha value is -1.92. The van der Waals surface area contributed by atoms with Crippen molar-refractivity contribution in [2.24, 2.45) is 0 Å². The minimum Gasteiger partial charge on any atom is -0.478 e. The predicted octanol–water partition coefficient (Wildman–Crippen LogP) is 0.624. The van der Waals surface area contributed by atoms with Gasteiger partial charge in [0.05, 0.1) is 11.1 Å². The highest BCUT2D eigenvalue weighted by Crippen LogP contribution is 2.56. The molecule has 0 bridgehead atoms. The standard InChI is InChI=1S/C11H8O6/c12-8(13)6-3-1-2-4-7(6)9(14)15-5-11-10(16-11)17-11/h1-4,10H,5H2,(H,12,13). The highest BCUT2D eigenvalue weighted by atomic mass is 17.0. The maximum Gasteiger partial charge on any atom is 0.339 e. The lowest BCUT2D eigenvalue weighted by molar-refractivity contribution is -0.0767. The molecule has 0 aliphatic carbocycles. The SMILES string of the molecule is O=C(O)c1ccccc1C(=O)OCC12OC1O2.